The summed E-state index contributed by atoms with van der Waals surface area (Å²) in [7, 11) is -4.26. The van der Waals surface area contributed by atoms with Crippen molar-refractivity contribution in [1.29, 1.82) is 0 Å². The van der Waals surface area contributed by atoms with E-state index in [4.69, 9.17) is 4.18 Å². The number of carbonyl (C=O) groups excluding carboxylic acids is 1. The molecule has 0 aromatic heterocycles. The molecule has 2 aromatic rings. The molecule has 8 nitrogen and oxygen atoms in total. The Hall–Kier alpha value is -2.94. The van der Waals surface area contributed by atoms with E-state index in [2.05, 4.69) is 0 Å². The number of benzene rings is 2. The van der Waals surface area contributed by atoms with Gasteiger partial charge in [-0.15, -0.1) is 0 Å². The van der Waals surface area contributed by atoms with Gasteiger partial charge >= 0.3 is 10.1 Å². The monoisotopic (exact) mass is 418 g/mol. The van der Waals surface area contributed by atoms with E-state index in [1.807, 2.05) is 4.90 Å². The van der Waals surface area contributed by atoms with Crippen molar-refractivity contribution in [3.63, 3.8) is 0 Å². The van der Waals surface area contributed by atoms with E-state index in [9.17, 15) is 23.3 Å². The normalized spacial score (nSPS) is 14.9. The molecule has 1 saturated heterocycles. The number of nitrogens with zero attached hydrogens (tertiary/aromatic N) is 2. The van der Waals surface area contributed by atoms with Crippen LogP contribution in [0.5, 0.6) is 5.75 Å². The minimum absolute atomic E-state index is 0.0309. The number of aryl methyl sites for hydroxylation is 1. The molecule has 9 heteroatoms. The highest BCUT2D eigenvalue weighted by molar-refractivity contribution is 7.87. The zero-order chi connectivity index (χ0) is 21.0. The molecule has 0 bridgehead atoms. The van der Waals surface area contributed by atoms with Gasteiger partial charge in [0.1, 0.15) is 10.6 Å². The highest BCUT2D eigenvalue weighted by atomic mass is 32.2. The molecular weight excluding hydrogens is 396 g/mol. The molecule has 2 aromatic carbocycles. The van der Waals surface area contributed by atoms with Crippen molar-refractivity contribution < 1.29 is 22.3 Å². The van der Waals surface area contributed by atoms with E-state index in [1.54, 1.807) is 0 Å². The lowest BCUT2D eigenvalue weighted by molar-refractivity contribution is -0.385. The molecule has 0 aliphatic carbocycles. The summed E-state index contributed by atoms with van der Waals surface area (Å²) in [4.78, 5) is 24.4. The van der Waals surface area contributed by atoms with Crippen molar-refractivity contribution in [2.75, 3.05) is 13.1 Å². The number of hydrogen-bond donors (Lipinski definition) is 0. The second-order valence-electron chi connectivity index (χ2n) is 6.98. The number of likely N-dealkylation sites (tertiary alicyclic amines) is 1. The molecule has 1 fully saturated rings. The third-order valence-electron chi connectivity index (χ3n) is 4.85. The molecular formula is C20H22N2O6S. The molecule has 3 rings (SSSR count). The van der Waals surface area contributed by atoms with Gasteiger partial charge in [-0.05, 0) is 49.6 Å². The van der Waals surface area contributed by atoms with E-state index < -0.39 is 15.0 Å². The van der Waals surface area contributed by atoms with Crippen LogP contribution in [0.2, 0.25) is 0 Å². The Labute approximate surface area is 169 Å². The van der Waals surface area contributed by atoms with Crippen molar-refractivity contribution in [3.05, 3.63) is 63.7 Å². The summed E-state index contributed by atoms with van der Waals surface area (Å²) >= 11 is 0. The van der Waals surface area contributed by atoms with Crippen LogP contribution in [-0.4, -0.2) is 37.2 Å². The van der Waals surface area contributed by atoms with E-state index in [1.165, 1.54) is 43.3 Å². The largest absolute Gasteiger partial charge is 0.379 e. The summed E-state index contributed by atoms with van der Waals surface area (Å²) in [6, 6.07) is 9.44. The summed E-state index contributed by atoms with van der Waals surface area (Å²) in [6.07, 6.45) is 4.19. The van der Waals surface area contributed by atoms with Gasteiger partial charge in [-0.3, -0.25) is 14.9 Å². The van der Waals surface area contributed by atoms with Crippen LogP contribution in [0.4, 0.5) is 5.69 Å². The fourth-order valence-electron chi connectivity index (χ4n) is 3.25. The zero-order valence-corrected chi connectivity index (χ0v) is 16.9. The molecule has 1 heterocycles. The predicted octanol–water partition coefficient (Wildman–Crippen LogP) is 3.69. The van der Waals surface area contributed by atoms with E-state index in [0.29, 0.717) is 11.1 Å². The fourth-order valence-corrected chi connectivity index (χ4v) is 4.43. The SMILES string of the molecule is Cc1ccc([N+](=O)[O-])cc1S(=O)(=O)Oc1ccc(C(=O)N2CCCCCC2)cc1. The lowest BCUT2D eigenvalue weighted by Gasteiger charge is -2.20. The number of nitro benzene ring substituents is 1. The van der Waals surface area contributed by atoms with E-state index >= 15 is 0 Å². The van der Waals surface area contributed by atoms with Gasteiger partial charge < -0.3 is 9.08 Å². The summed E-state index contributed by atoms with van der Waals surface area (Å²) < 4.78 is 30.3. The predicted molar refractivity (Wildman–Crippen MR) is 106 cm³/mol. The van der Waals surface area contributed by atoms with Gasteiger partial charge in [0.25, 0.3) is 11.6 Å². The van der Waals surface area contributed by atoms with E-state index in [-0.39, 0.29) is 22.2 Å². The molecule has 1 aliphatic rings. The molecule has 0 spiro atoms. The Kier molecular flexibility index (Phi) is 6.17. The number of nitro groups is 1. The molecule has 1 aliphatic heterocycles. The first-order valence-corrected chi connectivity index (χ1v) is 10.8. The van der Waals surface area contributed by atoms with Gasteiger partial charge in [-0.2, -0.15) is 8.42 Å². The van der Waals surface area contributed by atoms with Crippen LogP contribution in [0.15, 0.2) is 47.4 Å². The summed E-state index contributed by atoms with van der Waals surface area (Å²) in [5, 5.41) is 10.9. The summed E-state index contributed by atoms with van der Waals surface area (Å²) in [5.74, 6) is -0.0563. The van der Waals surface area contributed by atoms with Crippen LogP contribution in [0.3, 0.4) is 0 Å². The van der Waals surface area contributed by atoms with Crippen molar-refractivity contribution in [3.8, 4) is 5.75 Å². The van der Waals surface area contributed by atoms with Crippen molar-refractivity contribution >= 4 is 21.7 Å². The number of carbonyl (C=O) groups is 1. The first-order valence-electron chi connectivity index (χ1n) is 9.37. The van der Waals surface area contributed by atoms with Crippen LogP contribution in [-0.2, 0) is 10.1 Å². The van der Waals surface area contributed by atoms with Crippen LogP contribution in [0.1, 0.15) is 41.6 Å². The minimum Gasteiger partial charge on any atom is -0.379 e. The first-order chi connectivity index (χ1) is 13.8. The topological polar surface area (TPSA) is 107 Å². The van der Waals surface area contributed by atoms with Crippen LogP contribution < -0.4 is 4.18 Å². The average molecular weight is 418 g/mol. The Balaban J connectivity index is 1.77. The number of hydrogen-bond acceptors (Lipinski definition) is 6. The molecule has 29 heavy (non-hydrogen) atoms. The highest BCUT2D eigenvalue weighted by Gasteiger charge is 2.23. The molecule has 0 atom stereocenters. The zero-order valence-electron chi connectivity index (χ0n) is 16.0. The second-order valence-corrected chi connectivity index (χ2v) is 8.49. The maximum absolute atomic E-state index is 12.6. The number of amides is 1. The molecule has 154 valence electrons. The van der Waals surface area contributed by atoms with Crippen molar-refractivity contribution in [2.45, 2.75) is 37.5 Å². The van der Waals surface area contributed by atoms with Crippen LogP contribution >= 0.6 is 0 Å². The number of non-ortho nitro benzene ring substituents is 1. The third kappa shape index (κ3) is 4.92. The van der Waals surface area contributed by atoms with Crippen molar-refractivity contribution in [2.24, 2.45) is 0 Å². The number of rotatable bonds is 5. The minimum atomic E-state index is -4.26. The second kappa shape index (κ2) is 8.60. The molecule has 1 amide bonds. The molecule has 0 saturated carbocycles. The molecule has 0 unspecified atom stereocenters. The highest BCUT2D eigenvalue weighted by Crippen LogP contribution is 2.25. The maximum atomic E-state index is 12.6. The third-order valence-corrected chi connectivity index (χ3v) is 6.24. The Morgan fingerprint density at radius 3 is 2.24 bits per heavy atom. The Morgan fingerprint density at radius 1 is 1.03 bits per heavy atom. The smallest absolute Gasteiger partial charge is 0.339 e. The molecule has 0 N–H and O–H groups in total. The Bertz CT molecular complexity index is 1010. The van der Waals surface area contributed by atoms with Gasteiger partial charge in [0, 0.05) is 30.8 Å². The summed E-state index contributed by atoms with van der Waals surface area (Å²) in [6.45, 7) is 2.97. The Morgan fingerprint density at radius 2 is 1.66 bits per heavy atom. The first kappa shape index (κ1) is 20.8. The van der Waals surface area contributed by atoms with Crippen molar-refractivity contribution in [1.82, 2.24) is 4.90 Å². The maximum Gasteiger partial charge on any atom is 0.339 e. The van der Waals surface area contributed by atoms with Crippen LogP contribution in [0, 0.1) is 17.0 Å². The lowest BCUT2D eigenvalue weighted by Crippen LogP contribution is -2.31. The van der Waals surface area contributed by atoms with Gasteiger partial charge in [-0.25, -0.2) is 0 Å². The van der Waals surface area contributed by atoms with E-state index in [0.717, 1.165) is 44.8 Å². The molecule has 0 radical (unpaired) electrons. The van der Waals surface area contributed by atoms with Gasteiger partial charge in [-0.1, -0.05) is 18.9 Å². The lowest BCUT2D eigenvalue weighted by atomic mass is 10.2. The summed E-state index contributed by atoms with van der Waals surface area (Å²) in [5.41, 5.74) is 0.461. The van der Waals surface area contributed by atoms with Gasteiger partial charge in [0.05, 0.1) is 4.92 Å². The van der Waals surface area contributed by atoms with Gasteiger partial charge in [0.2, 0.25) is 0 Å². The quantitative estimate of drug-likeness (QED) is 0.416. The average Bonchev–Trinajstić information content (AvgIpc) is 2.97. The van der Waals surface area contributed by atoms with Gasteiger partial charge in [0.15, 0.2) is 0 Å². The van der Waals surface area contributed by atoms with Crippen LogP contribution in [0.25, 0.3) is 0 Å². The standard InChI is InChI=1S/C20H22N2O6S/c1-15-6-9-17(22(24)25)14-19(15)29(26,27)28-18-10-7-16(8-11-18)20(23)21-12-4-2-3-5-13-21/h6-11,14H,2-5,12-13H2,1H3. The fraction of sp³-hybridized carbons (Fsp3) is 0.350.